The number of allylic oxidation sites excluding steroid dienone is 1. The Morgan fingerprint density at radius 3 is 3.00 bits per heavy atom. The van der Waals surface area contributed by atoms with Crippen LogP contribution in [0.2, 0.25) is 0 Å². The smallest absolute Gasteiger partial charge is 0.0301 e. The van der Waals surface area contributed by atoms with Gasteiger partial charge in [0.25, 0.3) is 0 Å². The molecule has 2 aliphatic rings. The van der Waals surface area contributed by atoms with Crippen LogP contribution in [0.4, 0.5) is 0 Å². The Morgan fingerprint density at radius 2 is 2.37 bits per heavy atom. The van der Waals surface area contributed by atoms with E-state index in [0.29, 0.717) is 11.5 Å². The summed E-state index contributed by atoms with van der Waals surface area (Å²) in [5.41, 5.74) is 11.3. The van der Waals surface area contributed by atoms with Crippen molar-refractivity contribution in [3.8, 4) is 0 Å². The highest BCUT2D eigenvalue weighted by Gasteiger charge is 2.57. The van der Waals surface area contributed by atoms with Crippen molar-refractivity contribution < 1.29 is 0 Å². The zero-order chi connectivity index (χ0) is 13.5. The monoisotopic (exact) mass is 255 g/mol. The molecule has 2 atom stereocenters. The van der Waals surface area contributed by atoms with Crippen LogP contribution in [-0.4, -0.2) is 26.4 Å². The highest BCUT2D eigenvalue weighted by Crippen LogP contribution is 2.56. The van der Waals surface area contributed by atoms with Crippen molar-refractivity contribution in [2.24, 2.45) is 10.7 Å². The molecule has 0 bridgehead atoms. The van der Waals surface area contributed by atoms with E-state index in [1.54, 1.807) is 13.2 Å². The maximum absolute atomic E-state index is 5.71. The molecule has 0 amide bonds. The van der Waals surface area contributed by atoms with Gasteiger partial charge < -0.3 is 11.1 Å². The summed E-state index contributed by atoms with van der Waals surface area (Å²) < 4.78 is 0. The molecule has 1 saturated carbocycles. The van der Waals surface area contributed by atoms with Gasteiger partial charge in [-0.3, -0.25) is 4.99 Å². The minimum atomic E-state index is 0.392. The van der Waals surface area contributed by atoms with Crippen molar-refractivity contribution in [3.05, 3.63) is 41.1 Å². The molecule has 2 unspecified atom stereocenters. The van der Waals surface area contributed by atoms with Crippen LogP contribution in [0, 0.1) is 0 Å². The first-order valence-electron chi connectivity index (χ1n) is 6.90. The van der Waals surface area contributed by atoms with Crippen LogP contribution in [0.1, 0.15) is 29.5 Å². The molecule has 2 aliphatic carbocycles. The predicted molar refractivity (Wildman–Crippen MR) is 80.5 cm³/mol. The summed E-state index contributed by atoms with van der Waals surface area (Å²) in [6.07, 6.45) is 7.21. The fourth-order valence-electron chi connectivity index (χ4n) is 3.54. The van der Waals surface area contributed by atoms with E-state index >= 15 is 0 Å². The quantitative estimate of drug-likeness (QED) is 0.810. The van der Waals surface area contributed by atoms with E-state index in [2.05, 4.69) is 35.6 Å². The van der Waals surface area contributed by atoms with Crippen molar-refractivity contribution >= 4 is 11.8 Å². The number of aliphatic imine (C=N–C) groups is 1. The number of nitrogens with zero attached hydrogens (tertiary/aromatic N) is 1. The molecule has 3 N–H and O–H groups in total. The molecule has 19 heavy (non-hydrogen) atoms. The maximum atomic E-state index is 5.71. The lowest BCUT2D eigenvalue weighted by Gasteiger charge is -2.13. The molecule has 1 aromatic rings. The summed E-state index contributed by atoms with van der Waals surface area (Å²) in [6, 6.07) is 7.39. The van der Waals surface area contributed by atoms with Gasteiger partial charge in [0.1, 0.15) is 0 Å². The highest BCUT2D eigenvalue weighted by atomic mass is 15.0. The van der Waals surface area contributed by atoms with Gasteiger partial charge in [0.2, 0.25) is 0 Å². The van der Waals surface area contributed by atoms with E-state index < -0.39 is 0 Å². The third-order valence-electron chi connectivity index (χ3n) is 4.69. The van der Waals surface area contributed by atoms with Crippen LogP contribution >= 0.6 is 0 Å². The first-order chi connectivity index (χ1) is 9.25. The van der Waals surface area contributed by atoms with E-state index in [4.69, 9.17) is 5.73 Å². The van der Waals surface area contributed by atoms with Crippen LogP contribution in [0.3, 0.4) is 0 Å². The third-order valence-corrected chi connectivity index (χ3v) is 4.69. The number of hydrogen-bond acceptors (Lipinski definition) is 3. The standard InChI is InChI=1S/C16H21N3/c1-18-10-13(9-17)12-4-3-11-5-6-16(14(11)7-12)8-15(16)19-2/h3-4,7,9-10,15,19H,5-6,8,17H2,1-2H3. The van der Waals surface area contributed by atoms with E-state index in [1.165, 1.54) is 36.0 Å². The lowest BCUT2D eigenvalue weighted by Crippen LogP contribution is -2.19. The van der Waals surface area contributed by atoms with Gasteiger partial charge in [0, 0.05) is 36.5 Å². The maximum Gasteiger partial charge on any atom is 0.0301 e. The number of nitrogens with two attached hydrogens (primary N) is 1. The summed E-state index contributed by atoms with van der Waals surface area (Å²) in [7, 11) is 3.84. The molecule has 0 saturated heterocycles. The van der Waals surface area contributed by atoms with Crippen LogP contribution in [0.25, 0.3) is 5.57 Å². The summed E-state index contributed by atoms with van der Waals surface area (Å²) >= 11 is 0. The minimum Gasteiger partial charge on any atom is -0.404 e. The Bertz CT molecular complexity index is 559. The minimum absolute atomic E-state index is 0.392. The van der Waals surface area contributed by atoms with Gasteiger partial charge in [-0.2, -0.15) is 0 Å². The molecule has 0 radical (unpaired) electrons. The molecule has 0 aliphatic heterocycles. The van der Waals surface area contributed by atoms with Gasteiger partial charge in [0.05, 0.1) is 0 Å². The fourth-order valence-corrected chi connectivity index (χ4v) is 3.54. The molecule has 0 aromatic heterocycles. The van der Waals surface area contributed by atoms with Crippen molar-refractivity contribution in [2.45, 2.75) is 30.7 Å². The number of aryl methyl sites for hydroxylation is 1. The second-order valence-electron chi connectivity index (χ2n) is 5.58. The largest absolute Gasteiger partial charge is 0.404 e. The topological polar surface area (TPSA) is 50.4 Å². The Balaban J connectivity index is 2.01. The van der Waals surface area contributed by atoms with Gasteiger partial charge in [0.15, 0.2) is 0 Å². The zero-order valence-corrected chi connectivity index (χ0v) is 11.6. The van der Waals surface area contributed by atoms with Crippen molar-refractivity contribution in [2.75, 3.05) is 14.1 Å². The number of nitrogens with one attached hydrogen (secondary N) is 1. The molecule has 3 nitrogen and oxygen atoms in total. The molecule has 100 valence electrons. The molecular weight excluding hydrogens is 234 g/mol. The Morgan fingerprint density at radius 1 is 1.53 bits per heavy atom. The normalized spacial score (nSPS) is 29.2. The molecule has 0 heterocycles. The number of hydrogen-bond donors (Lipinski definition) is 2. The van der Waals surface area contributed by atoms with Gasteiger partial charge in [-0.1, -0.05) is 18.2 Å². The summed E-state index contributed by atoms with van der Waals surface area (Å²) in [5.74, 6) is 0. The number of benzene rings is 1. The van der Waals surface area contributed by atoms with Gasteiger partial charge >= 0.3 is 0 Å². The Hall–Kier alpha value is -1.61. The first kappa shape index (κ1) is 12.4. The van der Waals surface area contributed by atoms with E-state index in [1.807, 2.05) is 6.21 Å². The summed E-state index contributed by atoms with van der Waals surface area (Å²) in [5, 5.41) is 3.43. The molecule has 3 heteroatoms. The average molecular weight is 255 g/mol. The molecular formula is C16H21N3. The van der Waals surface area contributed by atoms with Crippen molar-refractivity contribution in [1.82, 2.24) is 5.32 Å². The van der Waals surface area contributed by atoms with Crippen LogP contribution in [0.5, 0.6) is 0 Å². The van der Waals surface area contributed by atoms with E-state index in [-0.39, 0.29) is 0 Å². The predicted octanol–water partition coefficient (Wildman–Crippen LogP) is 1.86. The fraction of sp³-hybridized carbons (Fsp3) is 0.438. The number of rotatable bonds is 3. The molecule has 3 rings (SSSR count). The van der Waals surface area contributed by atoms with Gasteiger partial charge in [-0.05, 0) is 43.0 Å². The first-order valence-corrected chi connectivity index (χ1v) is 6.90. The second kappa shape index (κ2) is 4.49. The lowest BCUT2D eigenvalue weighted by molar-refractivity contribution is 0.608. The number of fused-ring (bicyclic) bond motifs is 2. The van der Waals surface area contributed by atoms with E-state index in [9.17, 15) is 0 Å². The third kappa shape index (κ3) is 1.80. The Labute approximate surface area is 114 Å². The van der Waals surface area contributed by atoms with Crippen molar-refractivity contribution in [1.29, 1.82) is 0 Å². The second-order valence-corrected chi connectivity index (χ2v) is 5.58. The molecule has 1 aromatic carbocycles. The van der Waals surface area contributed by atoms with Crippen molar-refractivity contribution in [3.63, 3.8) is 0 Å². The number of likely N-dealkylation sites (N-methyl/N-ethyl adjacent to an activating group) is 1. The SMILES string of the molecule is CN=CC(=CN)c1ccc2c(c1)C1(CC2)CC1NC. The van der Waals surface area contributed by atoms with E-state index in [0.717, 1.165) is 5.57 Å². The summed E-state index contributed by atoms with van der Waals surface area (Å²) in [6.45, 7) is 0. The Kier molecular flexibility index (Phi) is 2.94. The van der Waals surface area contributed by atoms with Crippen LogP contribution < -0.4 is 11.1 Å². The zero-order valence-electron chi connectivity index (χ0n) is 11.6. The summed E-state index contributed by atoms with van der Waals surface area (Å²) in [4.78, 5) is 4.07. The lowest BCUT2D eigenvalue weighted by atomic mass is 9.94. The van der Waals surface area contributed by atoms with Gasteiger partial charge in [-0.25, -0.2) is 0 Å². The van der Waals surface area contributed by atoms with Crippen LogP contribution in [0.15, 0.2) is 29.4 Å². The average Bonchev–Trinajstić information content (AvgIpc) is 3.05. The highest BCUT2D eigenvalue weighted by molar-refractivity contribution is 6.09. The molecule has 1 spiro atoms. The van der Waals surface area contributed by atoms with Crippen LogP contribution in [-0.2, 0) is 11.8 Å². The molecule has 1 fully saturated rings. The van der Waals surface area contributed by atoms with Gasteiger partial charge in [-0.15, -0.1) is 0 Å².